The molecule has 5 rings (SSSR count). The lowest BCUT2D eigenvalue weighted by atomic mass is 10.1. The van der Waals surface area contributed by atoms with Crippen molar-refractivity contribution in [2.75, 3.05) is 0 Å². The highest BCUT2D eigenvalue weighted by Crippen LogP contribution is 2.35. The molecule has 4 aromatic rings. The number of rotatable bonds is 6. The first-order chi connectivity index (χ1) is 16.3. The van der Waals surface area contributed by atoms with Crippen LogP contribution >= 0.6 is 11.6 Å². The number of carbonyl (C=O) groups excluding carboxylic acids is 1. The van der Waals surface area contributed by atoms with Gasteiger partial charge in [0, 0.05) is 16.8 Å². The molecule has 172 valence electrons. The predicted molar refractivity (Wildman–Crippen MR) is 130 cm³/mol. The molecule has 7 nitrogen and oxygen atoms in total. The minimum Gasteiger partial charge on any atom is -0.344 e. The molecule has 0 bridgehead atoms. The van der Waals surface area contributed by atoms with Gasteiger partial charge in [0.15, 0.2) is 9.84 Å². The molecule has 0 spiro atoms. The number of carbonyl (C=O) groups is 1. The number of sulfone groups is 1. The normalized spacial score (nSPS) is 14.6. The van der Waals surface area contributed by atoms with Crippen LogP contribution in [-0.2, 0) is 9.84 Å². The van der Waals surface area contributed by atoms with Crippen molar-refractivity contribution in [1.29, 1.82) is 0 Å². The highest BCUT2D eigenvalue weighted by Gasteiger charge is 2.37. The lowest BCUT2D eigenvalue weighted by molar-refractivity contribution is 0.0939. The fourth-order valence-electron chi connectivity index (χ4n) is 3.78. The van der Waals surface area contributed by atoms with Crippen molar-refractivity contribution < 1.29 is 13.2 Å². The zero-order valence-electron chi connectivity index (χ0n) is 18.3. The highest BCUT2D eigenvalue weighted by atomic mass is 35.5. The zero-order chi connectivity index (χ0) is 23.9. The summed E-state index contributed by atoms with van der Waals surface area (Å²) in [6.45, 7) is 1.80. The first kappa shape index (κ1) is 22.4. The summed E-state index contributed by atoms with van der Waals surface area (Å²) in [5, 5.41) is 2.72. The van der Waals surface area contributed by atoms with Gasteiger partial charge in [0.25, 0.3) is 5.91 Å². The topological polar surface area (TPSA) is 102 Å². The Bertz CT molecular complexity index is 1510. The van der Waals surface area contributed by atoms with E-state index in [9.17, 15) is 13.2 Å². The van der Waals surface area contributed by atoms with Crippen LogP contribution in [0.1, 0.15) is 41.9 Å². The first-order valence-electron chi connectivity index (χ1n) is 10.9. The van der Waals surface area contributed by atoms with Gasteiger partial charge >= 0.3 is 0 Å². The molecule has 2 heterocycles. The number of nitrogens with zero attached hydrogens (tertiary/aromatic N) is 3. The van der Waals surface area contributed by atoms with E-state index in [0.29, 0.717) is 35.4 Å². The molecule has 1 aliphatic rings. The van der Waals surface area contributed by atoms with E-state index in [1.165, 1.54) is 18.2 Å². The summed E-state index contributed by atoms with van der Waals surface area (Å²) in [5.74, 6) is -0.454. The molecule has 1 amide bonds. The Hall–Kier alpha value is -3.36. The summed E-state index contributed by atoms with van der Waals surface area (Å²) in [6.07, 6.45) is 2.93. The fraction of sp³-hybridized carbons (Fsp3) is 0.200. The zero-order valence-corrected chi connectivity index (χ0v) is 19.8. The number of aromatic nitrogens is 3. The predicted octanol–water partition coefficient (Wildman–Crippen LogP) is 4.77. The largest absolute Gasteiger partial charge is 0.344 e. The Labute approximate surface area is 202 Å². The molecule has 9 heteroatoms. The van der Waals surface area contributed by atoms with Gasteiger partial charge < -0.3 is 5.32 Å². The van der Waals surface area contributed by atoms with Crippen molar-refractivity contribution in [1.82, 2.24) is 20.3 Å². The number of nitrogens with one attached hydrogen (secondary N) is 1. The van der Waals surface area contributed by atoms with E-state index in [1.807, 2.05) is 42.5 Å². The molecular weight excluding hydrogens is 472 g/mol. The molecule has 1 N–H and O–H groups in total. The third-order valence-corrected chi connectivity index (χ3v) is 8.15. The van der Waals surface area contributed by atoms with E-state index in [2.05, 4.69) is 10.3 Å². The fourth-order valence-corrected chi connectivity index (χ4v) is 5.81. The monoisotopic (exact) mass is 492 g/mol. The summed E-state index contributed by atoms with van der Waals surface area (Å²) >= 11 is 6.17. The number of amides is 1. The van der Waals surface area contributed by atoms with Crippen molar-refractivity contribution >= 4 is 38.4 Å². The molecule has 1 fully saturated rings. The Morgan fingerprint density at radius 2 is 1.74 bits per heavy atom. The van der Waals surface area contributed by atoms with Crippen molar-refractivity contribution in [3.05, 3.63) is 83.1 Å². The standard InChI is InChI=1S/C25H21ClN4O3S/c1-15(28-25(31)16-12-17(26)14-19(13-16)34(32,33)18-9-10-18)23-24(22-8-4-5-11-27-22)30-21-7-3-2-6-20(21)29-23/h2-8,11-15,18H,9-10H2,1H3,(H,28,31)/t15-/m0/s1. The summed E-state index contributed by atoms with van der Waals surface area (Å²) in [5.41, 5.74) is 3.34. The van der Waals surface area contributed by atoms with E-state index in [-0.39, 0.29) is 15.5 Å². The molecule has 0 saturated heterocycles. The quantitative estimate of drug-likeness (QED) is 0.416. The summed E-state index contributed by atoms with van der Waals surface area (Å²) in [4.78, 5) is 27.1. The second-order valence-corrected chi connectivity index (χ2v) is 10.9. The lowest BCUT2D eigenvalue weighted by Crippen LogP contribution is -2.28. The molecule has 1 aliphatic carbocycles. The number of fused-ring (bicyclic) bond motifs is 1. The third kappa shape index (κ3) is 4.38. The van der Waals surface area contributed by atoms with Crippen LogP contribution < -0.4 is 5.32 Å². The van der Waals surface area contributed by atoms with Gasteiger partial charge in [-0.15, -0.1) is 0 Å². The molecule has 0 aliphatic heterocycles. The van der Waals surface area contributed by atoms with Crippen LogP contribution in [0, 0.1) is 0 Å². The Kier molecular flexibility index (Phi) is 5.79. The Morgan fingerprint density at radius 1 is 1.03 bits per heavy atom. The van der Waals surface area contributed by atoms with Gasteiger partial charge in [-0.25, -0.2) is 18.4 Å². The van der Waals surface area contributed by atoms with Crippen LogP contribution in [0.5, 0.6) is 0 Å². The van der Waals surface area contributed by atoms with E-state index < -0.39 is 27.0 Å². The maximum Gasteiger partial charge on any atom is 0.251 e. The van der Waals surface area contributed by atoms with E-state index in [0.717, 1.165) is 5.52 Å². The number of hydrogen-bond donors (Lipinski definition) is 1. The lowest BCUT2D eigenvalue weighted by Gasteiger charge is -2.18. The number of halogens is 1. The first-order valence-corrected chi connectivity index (χ1v) is 12.8. The van der Waals surface area contributed by atoms with Crippen molar-refractivity contribution in [3.8, 4) is 11.4 Å². The van der Waals surface area contributed by atoms with Gasteiger partial charge in [-0.1, -0.05) is 29.8 Å². The minimum absolute atomic E-state index is 0.0694. The average molecular weight is 493 g/mol. The van der Waals surface area contributed by atoms with Gasteiger partial charge in [-0.05, 0) is 62.2 Å². The summed E-state index contributed by atoms with van der Waals surface area (Å²) in [7, 11) is -3.49. The van der Waals surface area contributed by atoms with Crippen molar-refractivity contribution in [2.45, 2.75) is 36.0 Å². The van der Waals surface area contributed by atoms with E-state index in [4.69, 9.17) is 21.6 Å². The molecule has 1 saturated carbocycles. The minimum atomic E-state index is -3.49. The summed E-state index contributed by atoms with van der Waals surface area (Å²) in [6, 6.07) is 16.7. The van der Waals surface area contributed by atoms with Gasteiger partial charge in [-0.3, -0.25) is 9.78 Å². The molecular formula is C25H21ClN4O3S. The third-order valence-electron chi connectivity index (χ3n) is 5.69. The summed E-state index contributed by atoms with van der Waals surface area (Å²) < 4.78 is 25.4. The number of hydrogen-bond acceptors (Lipinski definition) is 6. The van der Waals surface area contributed by atoms with Crippen LogP contribution in [0.3, 0.4) is 0 Å². The van der Waals surface area contributed by atoms with Gasteiger partial charge in [0.1, 0.15) is 5.69 Å². The van der Waals surface area contributed by atoms with E-state index in [1.54, 1.807) is 13.1 Å². The molecule has 2 aromatic carbocycles. The molecule has 0 radical (unpaired) electrons. The van der Waals surface area contributed by atoms with Crippen LogP contribution in [0.2, 0.25) is 5.02 Å². The SMILES string of the molecule is C[C@H](NC(=O)c1cc(Cl)cc(S(=O)(=O)C2CC2)c1)c1nc2ccccc2nc1-c1ccccn1. The van der Waals surface area contributed by atoms with Crippen molar-refractivity contribution in [2.24, 2.45) is 0 Å². The van der Waals surface area contributed by atoms with Gasteiger partial charge in [0.2, 0.25) is 0 Å². The molecule has 1 atom stereocenters. The maximum atomic E-state index is 13.1. The van der Waals surface area contributed by atoms with Crippen molar-refractivity contribution in [3.63, 3.8) is 0 Å². The van der Waals surface area contributed by atoms with Gasteiger partial charge in [0.05, 0.1) is 38.6 Å². The average Bonchev–Trinajstić information content (AvgIpc) is 3.69. The van der Waals surface area contributed by atoms with E-state index >= 15 is 0 Å². The Morgan fingerprint density at radius 3 is 2.41 bits per heavy atom. The smallest absolute Gasteiger partial charge is 0.251 e. The molecule has 34 heavy (non-hydrogen) atoms. The highest BCUT2D eigenvalue weighted by molar-refractivity contribution is 7.92. The number of para-hydroxylation sites is 2. The maximum absolute atomic E-state index is 13.1. The van der Waals surface area contributed by atoms with Crippen LogP contribution in [-0.4, -0.2) is 34.5 Å². The number of benzene rings is 2. The number of pyridine rings is 1. The second kappa shape index (κ2) is 8.77. The second-order valence-electron chi connectivity index (χ2n) is 8.28. The van der Waals surface area contributed by atoms with Gasteiger partial charge in [-0.2, -0.15) is 0 Å². The Balaban J connectivity index is 1.50. The molecule has 0 unspecified atom stereocenters. The van der Waals surface area contributed by atoms with Crippen LogP contribution in [0.15, 0.2) is 71.8 Å². The van der Waals surface area contributed by atoms with Crippen LogP contribution in [0.25, 0.3) is 22.4 Å². The molecule has 2 aromatic heterocycles. The van der Waals surface area contributed by atoms with Crippen LogP contribution in [0.4, 0.5) is 0 Å².